The highest BCUT2D eigenvalue weighted by molar-refractivity contribution is 8.00. The molecule has 1 aromatic rings. The van der Waals surface area contributed by atoms with E-state index in [4.69, 9.17) is 4.74 Å². The monoisotopic (exact) mass is 265 g/mol. The molecule has 0 bridgehead atoms. The molecule has 0 saturated heterocycles. The number of ether oxygens (including phenoxy) is 1. The molecule has 2 atom stereocenters. The molecule has 0 spiro atoms. The largest absolute Gasteiger partial charge is 0.497 e. The fourth-order valence-electron chi connectivity index (χ4n) is 2.89. The standard InChI is InChI=1S/C15H23NOS/c1-15(2)9-8-13(14(15)16-3)18-12-7-5-6-11(10-12)17-4/h5-7,10,13-14,16H,8-9H2,1-4H3. The molecule has 2 unspecified atom stereocenters. The van der Waals surface area contributed by atoms with Gasteiger partial charge in [0.1, 0.15) is 5.75 Å². The van der Waals surface area contributed by atoms with E-state index in [-0.39, 0.29) is 0 Å². The summed E-state index contributed by atoms with van der Waals surface area (Å²) in [6.07, 6.45) is 2.57. The molecule has 1 saturated carbocycles. The molecule has 0 aromatic heterocycles. The highest BCUT2D eigenvalue weighted by atomic mass is 32.2. The maximum atomic E-state index is 5.28. The maximum Gasteiger partial charge on any atom is 0.119 e. The van der Waals surface area contributed by atoms with Crippen LogP contribution in [0.15, 0.2) is 29.2 Å². The quantitative estimate of drug-likeness (QED) is 0.899. The second-order valence-electron chi connectivity index (χ2n) is 5.63. The van der Waals surface area contributed by atoms with Gasteiger partial charge in [-0.15, -0.1) is 11.8 Å². The van der Waals surface area contributed by atoms with Gasteiger partial charge in [0.15, 0.2) is 0 Å². The van der Waals surface area contributed by atoms with E-state index in [1.165, 1.54) is 17.7 Å². The first-order valence-corrected chi connectivity index (χ1v) is 7.43. The minimum Gasteiger partial charge on any atom is -0.497 e. The van der Waals surface area contributed by atoms with Gasteiger partial charge < -0.3 is 10.1 Å². The summed E-state index contributed by atoms with van der Waals surface area (Å²) in [5, 5.41) is 4.15. The second-order valence-corrected chi connectivity index (χ2v) is 6.94. The van der Waals surface area contributed by atoms with Crippen molar-refractivity contribution in [1.29, 1.82) is 0 Å². The molecule has 1 aliphatic rings. The zero-order valence-corrected chi connectivity index (χ0v) is 12.5. The third-order valence-corrected chi connectivity index (χ3v) is 5.26. The number of thioether (sulfide) groups is 1. The molecule has 1 N–H and O–H groups in total. The summed E-state index contributed by atoms with van der Waals surface area (Å²) in [4.78, 5) is 1.30. The molecule has 0 amide bonds. The molecular formula is C15H23NOS. The summed E-state index contributed by atoms with van der Waals surface area (Å²) in [5.41, 5.74) is 0.394. The molecule has 2 nitrogen and oxygen atoms in total. The smallest absolute Gasteiger partial charge is 0.119 e. The van der Waals surface area contributed by atoms with Crippen molar-refractivity contribution in [3.05, 3.63) is 24.3 Å². The average Bonchev–Trinajstić information content (AvgIpc) is 2.64. The number of hydrogen-bond donors (Lipinski definition) is 1. The van der Waals surface area contributed by atoms with Gasteiger partial charge in [0, 0.05) is 16.2 Å². The summed E-state index contributed by atoms with van der Waals surface area (Å²) in [7, 11) is 3.80. The predicted octanol–water partition coefficient (Wildman–Crippen LogP) is 3.56. The molecule has 1 fully saturated rings. The number of benzene rings is 1. The van der Waals surface area contributed by atoms with Crippen molar-refractivity contribution in [2.75, 3.05) is 14.2 Å². The van der Waals surface area contributed by atoms with Crippen LogP contribution in [0.25, 0.3) is 0 Å². The molecule has 18 heavy (non-hydrogen) atoms. The number of methoxy groups -OCH3 is 1. The van der Waals surface area contributed by atoms with Gasteiger partial charge in [-0.05, 0) is 43.5 Å². The second kappa shape index (κ2) is 5.54. The number of hydrogen-bond acceptors (Lipinski definition) is 3. The van der Waals surface area contributed by atoms with Gasteiger partial charge in [0.2, 0.25) is 0 Å². The Balaban J connectivity index is 2.09. The van der Waals surface area contributed by atoms with Crippen molar-refractivity contribution in [2.24, 2.45) is 5.41 Å². The normalized spacial score (nSPS) is 26.2. The Bertz CT molecular complexity index is 405. The third-order valence-electron chi connectivity index (χ3n) is 3.93. The predicted molar refractivity (Wildman–Crippen MR) is 78.5 cm³/mol. The zero-order chi connectivity index (χ0) is 13.2. The minimum absolute atomic E-state index is 0.394. The van der Waals surface area contributed by atoms with Crippen LogP contribution in [0.4, 0.5) is 0 Å². The van der Waals surface area contributed by atoms with Crippen LogP contribution in [-0.4, -0.2) is 25.4 Å². The number of rotatable bonds is 4. The minimum atomic E-state index is 0.394. The fraction of sp³-hybridized carbons (Fsp3) is 0.600. The Morgan fingerprint density at radius 1 is 1.39 bits per heavy atom. The Labute approximate surface area is 114 Å². The molecule has 0 heterocycles. The van der Waals surface area contributed by atoms with Crippen LogP contribution >= 0.6 is 11.8 Å². The van der Waals surface area contributed by atoms with Gasteiger partial charge in [-0.2, -0.15) is 0 Å². The zero-order valence-electron chi connectivity index (χ0n) is 11.7. The van der Waals surface area contributed by atoms with Gasteiger partial charge in [0.05, 0.1) is 7.11 Å². The third kappa shape index (κ3) is 2.83. The first-order chi connectivity index (χ1) is 8.56. The highest BCUT2D eigenvalue weighted by Gasteiger charge is 2.41. The molecule has 3 heteroatoms. The van der Waals surface area contributed by atoms with Crippen molar-refractivity contribution in [1.82, 2.24) is 5.32 Å². The Morgan fingerprint density at radius 3 is 2.83 bits per heavy atom. The molecule has 0 radical (unpaired) electrons. The molecule has 100 valence electrons. The Morgan fingerprint density at radius 2 is 2.17 bits per heavy atom. The van der Waals surface area contributed by atoms with Crippen molar-refractivity contribution in [3.63, 3.8) is 0 Å². The topological polar surface area (TPSA) is 21.3 Å². The van der Waals surface area contributed by atoms with Gasteiger partial charge >= 0.3 is 0 Å². The van der Waals surface area contributed by atoms with Crippen LogP contribution in [0.1, 0.15) is 26.7 Å². The van der Waals surface area contributed by atoms with Crippen LogP contribution in [0.5, 0.6) is 5.75 Å². The van der Waals surface area contributed by atoms with Gasteiger partial charge in [-0.3, -0.25) is 0 Å². The SMILES string of the molecule is CNC1C(Sc2cccc(OC)c2)CCC1(C)C. The van der Waals surface area contributed by atoms with Crippen LogP contribution < -0.4 is 10.1 Å². The summed E-state index contributed by atoms with van der Waals surface area (Å²) in [6.45, 7) is 4.72. The molecule has 0 aliphatic heterocycles. The fourth-order valence-corrected chi connectivity index (χ4v) is 4.46. The molecule has 2 rings (SSSR count). The van der Waals surface area contributed by atoms with E-state index in [1.807, 2.05) is 17.8 Å². The molecule has 1 aliphatic carbocycles. The Hall–Kier alpha value is -0.670. The lowest BCUT2D eigenvalue weighted by Gasteiger charge is -2.30. The van der Waals surface area contributed by atoms with Crippen molar-refractivity contribution < 1.29 is 4.74 Å². The first kappa shape index (κ1) is 13.8. The van der Waals surface area contributed by atoms with Gasteiger partial charge in [-0.1, -0.05) is 19.9 Å². The molecular weight excluding hydrogens is 242 g/mol. The van der Waals surface area contributed by atoms with Crippen LogP contribution in [0.3, 0.4) is 0 Å². The summed E-state index contributed by atoms with van der Waals surface area (Å²) in [5.74, 6) is 0.943. The summed E-state index contributed by atoms with van der Waals surface area (Å²) in [6, 6.07) is 8.94. The van der Waals surface area contributed by atoms with E-state index in [0.717, 1.165) is 5.75 Å². The highest BCUT2D eigenvalue weighted by Crippen LogP contribution is 2.45. The summed E-state index contributed by atoms with van der Waals surface area (Å²) < 4.78 is 5.28. The first-order valence-electron chi connectivity index (χ1n) is 6.55. The van der Waals surface area contributed by atoms with Crippen LogP contribution in [0.2, 0.25) is 0 Å². The van der Waals surface area contributed by atoms with Crippen molar-refractivity contribution in [2.45, 2.75) is 42.9 Å². The van der Waals surface area contributed by atoms with Crippen molar-refractivity contribution in [3.8, 4) is 5.75 Å². The van der Waals surface area contributed by atoms with E-state index in [9.17, 15) is 0 Å². The maximum absolute atomic E-state index is 5.28. The number of nitrogens with one attached hydrogen (secondary N) is 1. The van der Waals surface area contributed by atoms with E-state index < -0.39 is 0 Å². The summed E-state index contributed by atoms with van der Waals surface area (Å²) >= 11 is 1.97. The van der Waals surface area contributed by atoms with Crippen molar-refractivity contribution >= 4 is 11.8 Å². The van der Waals surface area contributed by atoms with E-state index >= 15 is 0 Å². The van der Waals surface area contributed by atoms with Crippen LogP contribution in [-0.2, 0) is 0 Å². The van der Waals surface area contributed by atoms with Gasteiger partial charge in [-0.25, -0.2) is 0 Å². The molecule has 1 aromatic carbocycles. The Kier molecular flexibility index (Phi) is 4.23. The van der Waals surface area contributed by atoms with E-state index in [2.05, 4.69) is 44.4 Å². The lowest BCUT2D eigenvalue weighted by molar-refractivity contribution is 0.300. The average molecular weight is 265 g/mol. The lowest BCUT2D eigenvalue weighted by Crippen LogP contribution is -2.41. The van der Waals surface area contributed by atoms with Gasteiger partial charge in [0.25, 0.3) is 0 Å². The lowest BCUT2D eigenvalue weighted by atomic mass is 9.87. The van der Waals surface area contributed by atoms with E-state index in [1.54, 1.807) is 7.11 Å². The van der Waals surface area contributed by atoms with Crippen LogP contribution in [0, 0.1) is 5.41 Å². The van der Waals surface area contributed by atoms with E-state index in [0.29, 0.717) is 16.7 Å².